The van der Waals surface area contributed by atoms with E-state index in [4.69, 9.17) is 0 Å². The van der Waals surface area contributed by atoms with Crippen molar-refractivity contribution in [3.05, 3.63) is 54.1 Å². The highest BCUT2D eigenvalue weighted by Gasteiger charge is 2.23. The number of rotatable bonds is 5. The topological polar surface area (TPSA) is 66.1 Å². The number of nitrogens with one attached hydrogen (secondary N) is 1. The van der Waals surface area contributed by atoms with Gasteiger partial charge in [0.1, 0.15) is 0 Å². The van der Waals surface area contributed by atoms with Crippen molar-refractivity contribution in [1.29, 1.82) is 0 Å². The molecule has 24 heavy (non-hydrogen) atoms. The van der Waals surface area contributed by atoms with E-state index in [0.29, 0.717) is 5.39 Å². The van der Waals surface area contributed by atoms with Crippen LogP contribution in [-0.4, -0.2) is 44.2 Å². The smallest absolute Gasteiger partial charge is 0.226 e. The molecule has 1 N–H and O–H groups in total. The van der Waals surface area contributed by atoms with Gasteiger partial charge in [0.25, 0.3) is 0 Å². The van der Waals surface area contributed by atoms with E-state index in [0.717, 1.165) is 24.0 Å². The first-order valence-electron chi connectivity index (χ1n) is 7.40. The van der Waals surface area contributed by atoms with Crippen molar-refractivity contribution in [2.45, 2.75) is 16.3 Å². The summed E-state index contributed by atoms with van der Waals surface area (Å²) in [5.41, 5.74) is 1.82. The fourth-order valence-electron chi connectivity index (χ4n) is 2.46. The first-order valence-corrected chi connectivity index (χ1v) is 8.88. The van der Waals surface area contributed by atoms with Gasteiger partial charge >= 0.3 is 0 Å². The van der Waals surface area contributed by atoms with Gasteiger partial charge in [-0.3, -0.25) is 5.10 Å². The summed E-state index contributed by atoms with van der Waals surface area (Å²) in [4.78, 5) is 2.35. The van der Waals surface area contributed by atoms with Crippen molar-refractivity contribution in [3.63, 3.8) is 0 Å². The maximum absolute atomic E-state index is 12.8. The molecular weight excluding hydrogens is 346 g/mol. The van der Waals surface area contributed by atoms with Crippen LogP contribution in [0.4, 0.5) is 0 Å². The van der Waals surface area contributed by atoms with Crippen LogP contribution in [0.15, 0.2) is 58.5 Å². The number of H-pyrrole nitrogens is 1. The van der Waals surface area contributed by atoms with Crippen molar-refractivity contribution in [1.82, 2.24) is 15.1 Å². The Morgan fingerprint density at radius 3 is 2.46 bits per heavy atom. The molecule has 0 aliphatic rings. The molecule has 1 heterocycles. The standard InChI is InChI=1S/C17H19N3O2S.ClH/c1-20(2)11-10-13-8-9-16-15(12-13)17(19-18-16)23(21,22)14-6-4-3-5-7-14;/h3-9,12H,10-11H2,1-2H3,(H,18,19);1H. The second kappa shape index (κ2) is 7.34. The predicted octanol–water partition coefficient (Wildman–Crippen LogP) is 2.92. The van der Waals surface area contributed by atoms with Gasteiger partial charge in [-0.2, -0.15) is 5.10 Å². The van der Waals surface area contributed by atoms with Crippen molar-refractivity contribution < 1.29 is 8.42 Å². The highest BCUT2D eigenvalue weighted by atomic mass is 35.5. The lowest BCUT2D eigenvalue weighted by Crippen LogP contribution is -2.15. The van der Waals surface area contributed by atoms with Gasteiger partial charge in [-0.05, 0) is 50.3 Å². The predicted molar refractivity (Wildman–Crippen MR) is 97.5 cm³/mol. The lowest BCUT2D eigenvalue weighted by Gasteiger charge is -2.09. The number of nitrogens with zero attached hydrogens (tertiary/aromatic N) is 2. The SMILES string of the molecule is CN(C)CCc1ccc2[nH]nc(S(=O)(=O)c3ccccc3)c2c1.Cl. The maximum atomic E-state index is 12.8. The van der Waals surface area contributed by atoms with Gasteiger partial charge in [0.2, 0.25) is 9.84 Å². The van der Waals surface area contributed by atoms with E-state index in [1.165, 1.54) is 0 Å². The molecule has 0 unspecified atom stereocenters. The third kappa shape index (κ3) is 3.61. The van der Waals surface area contributed by atoms with Crippen LogP contribution in [0.25, 0.3) is 10.9 Å². The number of aromatic amines is 1. The molecule has 0 spiro atoms. The van der Waals surface area contributed by atoms with Gasteiger partial charge < -0.3 is 4.90 Å². The van der Waals surface area contributed by atoms with Crippen molar-refractivity contribution in [3.8, 4) is 0 Å². The second-order valence-corrected chi connectivity index (χ2v) is 7.64. The molecule has 7 heteroatoms. The number of benzene rings is 2. The number of hydrogen-bond donors (Lipinski definition) is 1. The Labute approximate surface area is 148 Å². The van der Waals surface area contributed by atoms with E-state index >= 15 is 0 Å². The molecule has 3 rings (SSSR count). The third-order valence-electron chi connectivity index (χ3n) is 3.75. The minimum absolute atomic E-state index is 0. The number of hydrogen-bond acceptors (Lipinski definition) is 4. The van der Waals surface area contributed by atoms with Gasteiger partial charge in [-0.15, -0.1) is 12.4 Å². The summed E-state index contributed by atoms with van der Waals surface area (Å²) in [7, 11) is 0.408. The monoisotopic (exact) mass is 365 g/mol. The molecule has 0 amide bonds. The maximum Gasteiger partial charge on any atom is 0.226 e. The Morgan fingerprint density at radius 1 is 1.08 bits per heavy atom. The summed E-state index contributed by atoms with van der Waals surface area (Å²) in [5, 5.41) is 7.60. The van der Waals surface area contributed by atoms with Crippen LogP contribution in [0.5, 0.6) is 0 Å². The molecular formula is C17H20ClN3O2S. The molecule has 0 saturated carbocycles. The van der Waals surface area contributed by atoms with Gasteiger partial charge in [0, 0.05) is 11.9 Å². The number of aromatic nitrogens is 2. The normalized spacial score (nSPS) is 11.6. The molecule has 5 nitrogen and oxygen atoms in total. The number of halogens is 1. The number of fused-ring (bicyclic) bond motifs is 1. The molecule has 2 aromatic carbocycles. The first kappa shape index (κ1) is 18.4. The highest BCUT2D eigenvalue weighted by molar-refractivity contribution is 7.91. The Morgan fingerprint density at radius 2 is 1.79 bits per heavy atom. The van der Waals surface area contributed by atoms with Gasteiger partial charge in [0.05, 0.1) is 10.4 Å². The molecule has 0 bridgehead atoms. The van der Waals surface area contributed by atoms with Crippen molar-refractivity contribution in [2.24, 2.45) is 0 Å². The third-order valence-corrected chi connectivity index (χ3v) is 5.46. The van der Waals surface area contributed by atoms with Crippen LogP contribution >= 0.6 is 12.4 Å². The first-order chi connectivity index (χ1) is 11.0. The lowest BCUT2D eigenvalue weighted by atomic mass is 10.1. The zero-order chi connectivity index (χ0) is 16.4. The van der Waals surface area contributed by atoms with E-state index in [-0.39, 0.29) is 22.3 Å². The quantitative estimate of drug-likeness (QED) is 0.755. The molecule has 0 atom stereocenters. The molecule has 3 aromatic rings. The second-order valence-electron chi connectivity index (χ2n) is 5.78. The Kier molecular flexibility index (Phi) is 5.64. The average molecular weight is 366 g/mol. The molecule has 0 saturated heterocycles. The molecule has 0 fully saturated rings. The summed E-state index contributed by atoms with van der Waals surface area (Å²) in [5.74, 6) is 0. The minimum atomic E-state index is -3.62. The Bertz CT molecular complexity index is 921. The minimum Gasteiger partial charge on any atom is -0.309 e. The number of likely N-dealkylation sites (N-methyl/N-ethyl adjacent to an activating group) is 1. The summed E-state index contributed by atoms with van der Waals surface area (Å²) < 4.78 is 25.6. The highest BCUT2D eigenvalue weighted by Crippen LogP contribution is 2.27. The molecule has 1 aromatic heterocycles. The van der Waals surface area contributed by atoms with E-state index in [1.54, 1.807) is 30.3 Å². The van der Waals surface area contributed by atoms with Crippen LogP contribution in [0, 0.1) is 0 Å². The molecule has 0 radical (unpaired) electrons. The van der Waals surface area contributed by atoms with Crippen LogP contribution in [0.1, 0.15) is 5.56 Å². The number of sulfone groups is 1. The lowest BCUT2D eigenvalue weighted by molar-refractivity contribution is 0.414. The summed E-state index contributed by atoms with van der Waals surface area (Å²) in [6.45, 7) is 0.907. The van der Waals surface area contributed by atoms with Gasteiger partial charge in [-0.25, -0.2) is 8.42 Å². The Hall–Kier alpha value is -1.89. The molecule has 128 valence electrons. The van der Waals surface area contributed by atoms with Crippen LogP contribution in [-0.2, 0) is 16.3 Å². The van der Waals surface area contributed by atoms with Gasteiger partial charge in [-0.1, -0.05) is 24.3 Å². The van der Waals surface area contributed by atoms with Crippen LogP contribution < -0.4 is 0 Å². The van der Waals surface area contributed by atoms with E-state index in [9.17, 15) is 8.42 Å². The fourth-order valence-corrected chi connectivity index (χ4v) is 3.82. The summed E-state index contributed by atoms with van der Waals surface area (Å²) in [6.07, 6.45) is 0.860. The van der Waals surface area contributed by atoms with Crippen LogP contribution in [0.2, 0.25) is 0 Å². The largest absolute Gasteiger partial charge is 0.309 e. The Balaban J connectivity index is 0.00000208. The summed E-state index contributed by atoms with van der Waals surface area (Å²) >= 11 is 0. The van der Waals surface area contributed by atoms with E-state index in [1.807, 2.05) is 32.3 Å². The van der Waals surface area contributed by atoms with E-state index < -0.39 is 9.84 Å². The van der Waals surface area contributed by atoms with Crippen LogP contribution in [0.3, 0.4) is 0 Å². The average Bonchev–Trinajstić information content (AvgIpc) is 2.97. The molecule has 0 aliphatic heterocycles. The van der Waals surface area contributed by atoms with E-state index in [2.05, 4.69) is 15.1 Å². The zero-order valence-electron chi connectivity index (χ0n) is 13.6. The molecule has 0 aliphatic carbocycles. The zero-order valence-corrected chi connectivity index (χ0v) is 15.2. The van der Waals surface area contributed by atoms with Crippen molar-refractivity contribution >= 4 is 33.1 Å². The van der Waals surface area contributed by atoms with Gasteiger partial charge in [0.15, 0.2) is 5.03 Å². The summed E-state index contributed by atoms with van der Waals surface area (Å²) in [6, 6.07) is 14.2. The van der Waals surface area contributed by atoms with Crippen molar-refractivity contribution in [2.75, 3.05) is 20.6 Å². The fraction of sp³-hybridized carbons (Fsp3) is 0.235.